The molecule has 1 aliphatic heterocycles. The van der Waals surface area contributed by atoms with Gasteiger partial charge in [-0.1, -0.05) is 0 Å². The normalized spacial score (nSPS) is 29.9. The fraction of sp³-hybridized carbons (Fsp3) is 0.636. The largest absolute Gasteiger partial charge is 0.469 e. The summed E-state index contributed by atoms with van der Waals surface area (Å²) in [7, 11) is 1.25. The molecule has 1 aliphatic rings. The average molecular weight is 272 g/mol. The highest BCUT2D eigenvalue weighted by atomic mass is 16.5. The van der Waals surface area contributed by atoms with Crippen LogP contribution in [0.3, 0.4) is 0 Å². The molecule has 0 unspecified atom stereocenters. The second-order valence-electron chi connectivity index (χ2n) is 4.43. The van der Waals surface area contributed by atoms with Crippen molar-refractivity contribution in [2.45, 2.75) is 30.8 Å². The molecule has 4 N–H and O–H groups in total. The summed E-state index contributed by atoms with van der Waals surface area (Å²) in [6.45, 7) is -0.425. The molecule has 4 atom stereocenters. The van der Waals surface area contributed by atoms with Gasteiger partial charge in [0.2, 0.25) is 0 Å². The SMILES string of the molecule is COC(=O)Cc1cn2c(n1)[C@H](O)[C@@H](O)[C@H](O)[C@H]2CO. The van der Waals surface area contributed by atoms with Crippen molar-refractivity contribution in [2.24, 2.45) is 0 Å². The van der Waals surface area contributed by atoms with E-state index >= 15 is 0 Å². The monoisotopic (exact) mass is 272 g/mol. The van der Waals surface area contributed by atoms with Crippen molar-refractivity contribution in [1.29, 1.82) is 0 Å². The predicted octanol–water partition coefficient (Wildman–Crippen LogP) is -2.10. The van der Waals surface area contributed by atoms with Crippen molar-refractivity contribution in [3.8, 4) is 0 Å². The lowest BCUT2D eigenvalue weighted by Crippen LogP contribution is -2.46. The van der Waals surface area contributed by atoms with Crippen LogP contribution in [0.5, 0.6) is 0 Å². The van der Waals surface area contributed by atoms with Gasteiger partial charge < -0.3 is 29.7 Å². The molecule has 8 heteroatoms. The number of methoxy groups -OCH3 is 1. The Bertz CT molecular complexity index is 474. The molecule has 0 amide bonds. The lowest BCUT2D eigenvalue weighted by Gasteiger charge is -2.35. The van der Waals surface area contributed by atoms with E-state index in [1.807, 2.05) is 0 Å². The third kappa shape index (κ3) is 2.35. The van der Waals surface area contributed by atoms with E-state index in [2.05, 4.69) is 9.72 Å². The first kappa shape index (κ1) is 13.9. The van der Waals surface area contributed by atoms with Gasteiger partial charge in [-0.25, -0.2) is 4.98 Å². The van der Waals surface area contributed by atoms with E-state index in [1.165, 1.54) is 17.9 Å². The zero-order chi connectivity index (χ0) is 14.2. The Balaban J connectivity index is 2.35. The first-order chi connectivity index (χ1) is 8.99. The van der Waals surface area contributed by atoms with Gasteiger partial charge in [0.15, 0.2) is 0 Å². The fourth-order valence-corrected chi connectivity index (χ4v) is 2.18. The van der Waals surface area contributed by atoms with E-state index in [4.69, 9.17) is 0 Å². The van der Waals surface area contributed by atoms with E-state index in [9.17, 15) is 25.2 Å². The molecule has 8 nitrogen and oxygen atoms in total. The number of nitrogens with zero attached hydrogens (tertiary/aromatic N) is 2. The minimum Gasteiger partial charge on any atom is -0.469 e. The maximum atomic E-state index is 11.2. The van der Waals surface area contributed by atoms with E-state index in [1.54, 1.807) is 0 Å². The van der Waals surface area contributed by atoms with Gasteiger partial charge in [0.05, 0.1) is 31.9 Å². The summed E-state index contributed by atoms with van der Waals surface area (Å²) in [6.07, 6.45) is -2.76. The highest BCUT2D eigenvalue weighted by Crippen LogP contribution is 2.32. The number of aliphatic hydroxyl groups excluding tert-OH is 4. The van der Waals surface area contributed by atoms with Gasteiger partial charge in [-0.3, -0.25) is 4.79 Å². The summed E-state index contributed by atoms with van der Waals surface area (Å²) in [5.74, 6) is -0.387. The quantitative estimate of drug-likeness (QED) is 0.464. The van der Waals surface area contributed by atoms with Gasteiger partial charge in [0.1, 0.15) is 24.1 Å². The van der Waals surface area contributed by atoms with Crippen LogP contribution in [0, 0.1) is 0 Å². The number of rotatable bonds is 3. The second-order valence-corrected chi connectivity index (χ2v) is 4.43. The highest BCUT2D eigenvalue weighted by molar-refractivity contribution is 5.71. The Hall–Kier alpha value is -1.48. The third-order valence-corrected chi connectivity index (χ3v) is 3.24. The fourth-order valence-electron chi connectivity index (χ4n) is 2.18. The average Bonchev–Trinajstić information content (AvgIpc) is 2.80. The van der Waals surface area contributed by atoms with Crippen LogP contribution < -0.4 is 0 Å². The molecule has 19 heavy (non-hydrogen) atoms. The van der Waals surface area contributed by atoms with Crippen molar-refractivity contribution < 1.29 is 30.0 Å². The number of imidazole rings is 1. The van der Waals surface area contributed by atoms with E-state index in [0.717, 1.165) is 0 Å². The van der Waals surface area contributed by atoms with Crippen LogP contribution in [-0.4, -0.2) is 61.9 Å². The van der Waals surface area contributed by atoms with Crippen molar-refractivity contribution in [1.82, 2.24) is 9.55 Å². The van der Waals surface area contributed by atoms with E-state index < -0.39 is 36.9 Å². The van der Waals surface area contributed by atoms with Gasteiger partial charge in [-0.05, 0) is 0 Å². The van der Waals surface area contributed by atoms with E-state index in [0.29, 0.717) is 5.69 Å². The molecular weight excluding hydrogens is 256 g/mol. The Morgan fingerprint density at radius 1 is 1.42 bits per heavy atom. The highest BCUT2D eigenvalue weighted by Gasteiger charge is 2.41. The first-order valence-electron chi connectivity index (χ1n) is 5.79. The molecule has 1 aromatic heterocycles. The summed E-state index contributed by atoms with van der Waals surface area (Å²) in [6, 6.07) is -0.813. The minimum absolute atomic E-state index is 0.0897. The van der Waals surface area contributed by atoms with Gasteiger partial charge >= 0.3 is 5.97 Å². The third-order valence-electron chi connectivity index (χ3n) is 3.24. The van der Waals surface area contributed by atoms with Crippen LogP contribution in [0.15, 0.2) is 6.20 Å². The van der Waals surface area contributed by atoms with Crippen LogP contribution in [0.4, 0.5) is 0 Å². The predicted molar refractivity (Wildman–Crippen MR) is 61.0 cm³/mol. The summed E-state index contributed by atoms with van der Waals surface area (Å²) in [4.78, 5) is 15.2. The van der Waals surface area contributed by atoms with Gasteiger partial charge in [0.25, 0.3) is 0 Å². The second kappa shape index (κ2) is 5.25. The molecule has 0 radical (unpaired) electrons. The molecule has 2 heterocycles. The van der Waals surface area contributed by atoms with Gasteiger partial charge in [-0.2, -0.15) is 0 Å². The lowest BCUT2D eigenvalue weighted by atomic mass is 9.96. The van der Waals surface area contributed by atoms with Crippen molar-refractivity contribution in [3.05, 3.63) is 17.7 Å². The zero-order valence-electron chi connectivity index (χ0n) is 10.3. The van der Waals surface area contributed by atoms with Crippen LogP contribution in [-0.2, 0) is 16.0 Å². The number of ether oxygens (including phenoxy) is 1. The van der Waals surface area contributed by atoms with Crippen LogP contribution in [0.25, 0.3) is 0 Å². The molecule has 2 rings (SSSR count). The summed E-state index contributed by atoms with van der Waals surface area (Å²) >= 11 is 0. The maximum absolute atomic E-state index is 11.2. The summed E-state index contributed by atoms with van der Waals surface area (Å²) in [5.41, 5.74) is 0.334. The number of esters is 1. The summed E-state index contributed by atoms with van der Waals surface area (Å²) < 4.78 is 5.88. The number of hydrogen-bond donors (Lipinski definition) is 4. The van der Waals surface area contributed by atoms with Crippen molar-refractivity contribution >= 4 is 5.97 Å². The van der Waals surface area contributed by atoms with Crippen LogP contribution in [0.1, 0.15) is 23.7 Å². The van der Waals surface area contributed by atoms with Crippen molar-refractivity contribution in [3.63, 3.8) is 0 Å². The van der Waals surface area contributed by atoms with E-state index in [-0.39, 0.29) is 12.2 Å². The molecule has 0 fully saturated rings. The standard InChI is InChI=1S/C11H16N2O6/c1-19-7(15)2-5-3-13-6(4-14)8(16)9(17)10(18)11(13)12-5/h3,6,8-10,14,16-18H,2,4H2,1H3/t6-,8-,9+,10-/m1/s1. The minimum atomic E-state index is -1.43. The molecule has 0 saturated carbocycles. The number of fused-ring (bicyclic) bond motifs is 1. The Kier molecular flexibility index (Phi) is 3.85. The number of carbonyl (C=O) groups excluding carboxylic acids is 1. The first-order valence-corrected chi connectivity index (χ1v) is 5.79. The Morgan fingerprint density at radius 3 is 2.68 bits per heavy atom. The number of aromatic nitrogens is 2. The Labute approximate surface area is 108 Å². The summed E-state index contributed by atoms with van der Waals surface area (Å²) in [5, 5.41) is 38.5. The number of carbonyl (C=O) groups is 1. The number of hydrogen-bond acceptors (Lipinski definition) is 7. The molecule has 0 spiro atoms. The maximum Gasteiger partial charge on any atom is 0.311 e. The van der Waals surface area contributed by atoms with Gasteiger partial charge in [0, 0.05) is 6.20 Å². The Morgan fingerprint density at radius 2 is 2.11 bits per heavy atom. The molecule has 0 saturated heterocycles. The molecule has 0 aromatic carbocycles. The zero-order valence-corrected chi connectivity index (χ0v) is 10.3. The molecule has 1 aromatic rings. The molecule has 0 aliphatic carbocycles. The van der Waals surface area contributed by atoms with Crippen LogP contribution >= 0.6 is 0 Å². The molecular formula is C11H16N2O6. The lowest BCUT2D eigenvalue weighted by molar-refractivity contribution is -0.139. The topological polar surface area (TPSA) is 125 Å². The smallest absolute Gasteiger partial charge is 0.311 e. The molecule has 0 bridgehead atoms. The van der Waals surface area contributed by atoms with Crippen LogP contribution in [0.2, 0.25) is 0 Å². The van der Waals surface area contributed by atoms with Crippen molar-refractivity contribution in [2.75, 3.05) is 13.7 Å². The van der Waals surface area contributed by atoms with Gasteiger partial charge in [-0.15, -0.1) is 0 Å². The molecule has 106 valence electrons. The number of aliphatic hydroxyl groups is 4.